The van der Waals surface area contributed by atoms with Crippen molar-refractivity contribution in [1.82, 2.24) is 4.90 Å². The second-order valence-corrected chi connectivity index (χ2v) is 11.8. The topological polar surface area (TPSA) is 119 Å². The van der Waals surface area contributed by atoms with Gasteiger partial charge in [0.05, 0.1) is 18.1 Å². The maximum Gasteiger partial charge on any atom is 0.314 e. The molecule has 37 heavy (non-hydrogen) atoms. The highest BCUT2D eigenvalue weighted by molar-refractivity contribution is 6.07. The van der Waals surface area contributed by atoms with Crippen LogP contribution in [0.5, 0.6) is 11.5 Å². The minimum atomic E-state index is -0.769. The number of nitrogens with zero attached hydrogens (tertiary/aromatic N) is 2. The SMILES string of the molecule is CCOc1cc(C2C3=C(CC(C)(C)CC3=O)N(CCOC)C3=C2C(=O)CC(C)(C)C3)cc([N+](=O)[O-])c1O. The van der Waals surface area contributed by atoms with E-state index in [1.165, 1.54) is 12.1 Å². The van der Waals surface area contributed by atoms with Gasteiger partial charge in [0.25, 0.3) is 0 Å². The van der Waals surface area contributed by atoms with E-state index in [0.717, 1.165) is 11.4 Å². The van der Waals surface area contributed by atoms with Crippen molar-refractivity contribution in [3.05, 3.63) is 50.4 Å². The molecule has 0 amide bonds. The molecule has 0 radical (unpaired) electrons. The summed E-state index contributed by atoms with van der Waals surface area (Å²) in [5.41, 5.74) is 2.03. The third-order valence-corrected chi connectivity index (χ3v) is 7.45. The number of rotatable bonds is 7. The van der Waals surface area contributed by atoms with Crippen molar-refractivity contribution >= 4 is 17.3 Å². The van der Waals surface area contributed by atoms with Crippen LogP contribution in [0.15, 0.2) is 34.7 Å². The number of hydrogen-bond donors (Lipinski definition) is 1. The summed E-state index contributed by atoms with van der Waals surface area (Å²) in [5, 5.41) is 22.4. The molecule has 3 aliphatic rings. The Labute approximate surface area is 217 Å². The fraction of sp³-hybridized carbons (Fsp3) is 0.571. The number of benzene rings is 1. The molecule has 0 bridgehead atoms. The van der Waals surface area contributed by atoms with Gasteiger partial charge in [0, 0.05) is 61.0 Å². The minimum absolute atomic E-state index is 0.0370. The third-order valence-electron chi connectivity index (χ3n) is 7.45. The fourth-order valence-corrected chi connectivity index (χ4v) is 6.02. The first kappa shape index (κ1) is 26.9. The number of allylic oxidation sites excluding steroid dienone is 4. The van der Waals surface area contributed by atoms with Crippen LogP contribution >= 0.6 is 0 Å². The lowest BCUT2D eigenvalue weighted by Crippen LogP contribution is -2.45. The van der Waals surface area contributed by atoms with Gasteiger partial charge in [-0.25, -0.2) is 0 Å². The van der Waals surface area contributed by atoms with Gasteiger partial charge in [-0.1, -0.05) is 27.7 Å². The zero-order valence-corrected chi connectivity index (χ0v) is 22.5. The minimum Gasteiger partial charge on any atom is -0.500 e. The van der Waals surface area contributed by atoms with Crippen molar-refractivity contribution in [2.75, 3.05) is 26.9 Å². The Balaban J connectivity index is 2.04. The summed E-state index contributed by atoms with van der Waals surface area (Å²) in [4.78, 5) is 40.9. The number of Topliss-reactive ketones (excluding diaryl/α,β-unsaturated/α-hetero) is 2. The first-order valence-electron chi connectivity index (χ1n) is 12.7. The Morgan fingerprint density at radius 1 is 1.03 bits per heavy atom. The molecule has 1 aromatic rings. The molecule has 1 aliphatic heterocycles. The van der Waals surface area contributed by atoms with E-state index in [1.54, 1.807) is 14.0 Å². The van der Waals surface area contributed by atoms with Crippen molar-refractivity contribution in [3.8, 4) is 11.5 Å². The number of ketones is 2. The van der Waals surface area contributed by atoms with Gasteiger partial charge < -0.3 is 19.5 Å². The van der Waals surface area contributed by atoms with Gasteiger partial charge in [0.2, 0.25) is 5.75 Å². The first-order chi connectivity index (χ1) is 17.3. The Morgan fingerprint density at radius 3 is 2.03 bits per heavy atom. The van der Waals surface area contributed by atoms with Gasteiger partial charge in [0.1, 0.15) is 0 Å². The molecule has 0 fully saturated rings. The quantitative estimate of drug-likeness (QED) is 0.399. The molecule has 1 heterocycles. The zero-order valence-electron chi connectivity index (χ0n) is 22.5. The van der Waals surface area contributed by atoms with Crippen LogP contribution in [0.2, 0.25) is 0 Å². The molecular weight excluding hydrogens is 476 g/mol. The maximum absolute atomic E-state index is 13.8. The Morgan fingerprint density at radius 2 is 1.57 bits per heavy atom. The first-order valence-corrected chi connectivity index (χ1v) is 12.7. The standard InChI is InChI=1S/C28H36N2O7/c1-7-37-22-11-16(10-17(26(22)33)30(34)35)23-24-18(12-27(2,3)14-20(24)31)29(8-9-36-6)19-13-28(4,5)15-21(32)25(19)23/h10-11,23,33H,7-9,12-15H2,1-6H3. The predicted molar refractivity (Wildman–Crippen MR) is 137 cm³/mol. The Bertz CT molecular complexity index is 1170. The number of methoxy groups -OCH3 is 1. The lowest BCUT2D eigenvalue weighted by molar-refractivity contribution is -0.386. The molecule has 9 heteroatoms. The largest absolute Gasteiger partial charge is 0.500 e. The highest BCUT2D eigenvalue weighted by Crippen LogP contribution is 2.55. The van der Waals surface area contributed by atoms with Crippen LogP contribution < -0.4 is 4.74 Å². The predicted octanol–water partition coefficient (Wildman–Crippen LogP) is 5.03. The average molecular weight is 513 g/mol. The van der Waals surface area contributed by atoms with E-state index in [1.807, 2.05) is 0 Å². The number of ether oxygens (including phenoxy) is 2. The fourth-order valence-electron chi connectivity index (χ4n) is 6.02. The van der Waals surface area contributed by atoms with Crippen molar-refractivity contribution in [3.63, 3.8) is 0 Å². The van der Waals surface area contributed by atoms with Crippen molar-refractivity contribution in [2.24, 2.45) is 10.8 Å². The summed E-state index contributed by atoms with van der Waals surface area (Å²) in [5.74, 6) is -1.52. The normalized spacial score (nSPS) is 21.2. The van der Waals surface area contributed by atoms with Crippen LogP contribution in [0.3, 0.4) is 0 Å². The van der Waals surface area contributed by atoms with Crippen LogP contribution in [-0.4, -0.2) is 53.4 Å². The lowest BCUT2D eigenvalue weighted by Gasteiger charge is -2.49. The average Bonchev–Trinajstić information content (AvgIpc) is 2.77. The van der Waals surface area contributed by atoms with E-state index in [4.69, 9.17) is 9.47 Å². The number of nitro benzene ring substituents is 1. The van der Waals surface area contributed by atoms with E-state index in [-0.39, 0.29) is 34.8 Å². The van der Waals surface area contributed by atoms with Crippen LogP contribution in [0.1, 0.15) is 71.8 Å². The molecule has 1 N–H and O–H groups in total. The van der Waals surface area contributed by atoms with E-state index in [2.05, 4.69) is 32.6 Å². The molecule has 0 atom stereocenters. The summed E-state index contributed by atoms with van der Waals surface area (Å²) in [6, 6.07) is 2.82. The maximum atomic E-state index is 13.8. The van der Waals surface area contributed by atoms with Crippen molar-refractivity contribution < 1.29 is 29.1 Å². The number of phenols is 1. The summed E-state index contributed by atoms with van der Waals surface area (Å²) in [7, 11) is 1.62. The van der Waals surface area contributed by atoms with Crippen molar-refractivity contribution in [1.29, 1.82) is 0 Å². The molecule has 0 saturated heterocycles. The number of carbonyl (C=O) groups excluding carboxylic acids is 2. The smallest absolute Gasteiger partial charge is 0.314 e. The summed E-state index contributed by atoms with van der Waals surface area (Å²) in [6.45, 7) is 11.0. The molecule has 2 aliphatic carbocycles. The molecule has 0 saturated carbocycles. The monoisotopic (exact) mass is 512 g/mol. The molecule has 1 aromatic carbocycles. The third kappa shape index (κ3) is 4.89. The Hall–Kier alpha value is -3.20. The van der Waals surface area contributed by atoms with Crippen molar-refractivity contribution in [2.45, 2.75) is 66.2 Å². The van der Waals surface area contributed by atoms with Gasteiger partial charge in [-0.05, 0) is 42.2 Å². The number of hydrogen-bond acceptors (Lipinski definition) is 8. The second kappa shape index (κ2) is 9.59. The van der Waals surface area contributed by atoms with E-state index >= 15 is 0 Å². The van der Waals surface area contributed by atoms with Gasteiger partial charge in [-0.15, -0.1) is 0 Å². The van der Waals surface area contributed by atoms with E-state index in [9.17, 15) is 24.8 Å². The van der Waals surface area contributed by atoms with Crippen LogP contribution in [0.4, 0.5) is 5.69 Å². The molecule has 200 valence electrons. The molecule has 0 spiro atoms. The molecule has 9 nitrogen and oxygen atoms in total. The van der Waals surface area contributed by atoms with E-state index < -0.39 is 22.3 Å². The number of carbonyl (C=O) groups is 2. The van der Waals surface area contributed by atoms with Gasteiger partial charge in [0.15, 0.2) is 17.3 Å². The van der Waals surface area contributed by atoms with Crippen LogP contribution in [0.25, 0.3) is 0 Å². The second-order valence-electron chi connectivity index (χ2n) is 11.8. The molecular formula is C28H36N2O7. The van der Waals surface area contributed by atoms with E-state index in [0.29, 0.717) is 55.5 Å². The van der Waals surface area contributed by atoms with Gasteiger partial charge in [-0.2, -0.15) is 0 Å². The van der Waals surface area contributed by atoms with Crippen LogP contribution in [0, 0.1) is 20.9 Å². The Kier molecular flexibility index (Phi) is 6.96. The molecule has 0 unspecified atom stereocenters. The zero-order chi connectivity index (χ0) is 27.3. The molecule has 0 aromatic heterocycles. The number of phenolic OH excluding ortho intramolecular Hbond substituents is 1. The lowest BCUT2D eigenvalue weighted by atomic mass is 9.63. The number of aromatic hydroxyl groups is 1. The highest BCUT2D eigenvalue weighted by atomic mass is 16.6. The number of nitro groups is 1. The molecule has 4 rings (SSSR count). The van der Waals surface area contributed by atoms with Gasteiger partial charge in [-0.3, -0.25) is 19.7 Å². The summed E-state index contributed by atoms with van der Waals surface area (Å²) in [6.07, 6.45) is 1.86. The summed E-state index contributed by atoms with van der Waals surface area (Å²) < 4.78 is 10.9. The highest BCUT2D eigenvalue weighted by Gasteiger charge is 2.49. The van der Waals surface area contributed by atoms with Gasteiger partial charge >= 0.3 is 5.69 Å². The summed E-state index contributed by atoms with van der Waals surface area (Å²) >= 11 is 0. The van der Waals surface area contributed by atoms with Crippen LogP contribution in [-0.2, 0) is 14.3 Å².